The highest BCUT2D eigenvalue weighted by molar-refractivity contribution is 5.83. The van der Waals surface area contributed by atoms with Crippen LogP contribution in [0.4, 0.5) is 0 Å². The molecule has 0 radical (unpaired) electrons. The van der Waals surface area contributed by atoms with Crippen LogP contribution in [-0.2, 0) is 13.1 Å². The monoisotopic (exact) mass is 397 g/mol. The van der Waals surface area contributed by atoms with Gasteiger partial charge in [0.2, 0.25) is 5.75 Å². The molecule has 3 aromatic rings. The summed E-state index contributed by atoms with van der Waals surface area (Å²) in [6.45, 7) is 3.14. The maximum Gasteiger partial charge on any atom is 0.203 e. The van der Waals surface area contributed by atoms with Gasteiger partial charge in [0.1, 0.15) is 11.3 Å². The molecule has 0 saturated heterocycles. The number of nitrogens with one attached hydrogen (secondary N) is 2. The standard InChI is InChI=1S/C22H27N3O4/c1-14-16-8-6-7-9-17(16)29-20(14)13-25-22(23-2)24-12-15-10-18(26-3)21(28-5)19(11-15)27-4/h6-11H,12-13H2,1-5H3,(H2,23,24,25). The van der Waals surface area contributed by atoms with Crippen LogP contribution in [0.5, 0.6) is 17.2 Å². The highest BCUT2D eigenvalue weighted by Crippen LogP contribution is 2.38. The third-order valence-electron chi connectivity index (χ3n) is 4.77. The first kappa shape index (κ1) is 20.4. The number of hydrogen-bond acceptors (Lipinski definition) is 5. The van der Waals surface area contributed by atoms with Crippen molar-refractivity contribution in [2.45, 2.75) is 20.0 Å². The number of nitrogens with zero attached hydrogens (tertiary/aromatic N) is 1. The van der Waals surface area contributed by atoms with Gasteiger partial charge in [0.05, 0.1) is 27.9 Å². The van der Waals surface area contributed by atoms with E-state index < -0.39 is 0 Å². The molecular weight excluding hydrogens is 370 g/mol. The second-order valence-corrected chi connectivity index (χ2v) is 6.46. The van der Waals surface area contributed by atoms with Crippen molar-refractivity contribution in [3.8, 4) is 17.2 Å². The number of ether oxygens (including phenoxy) is 3. The molecular formula is C22H27N3O4. The minimum absolute atomic E-state index is 0.537. The molecule has 0 aliphatic heterocycles. The number of methoxy groups -OCH3 is 3. The third kappa shape index (κ3) is 4.39. The van der Waals surface area contributed by atoms with Crippen LogP contribution in [0.25, 0.3) is 11.0 Å². The zero-order valence-electron chi connectivity index (χ0n) is 17.5. The molecule has 0 spiro atoms. The van der Waals surface area contributed by atoms with Crippen LogP contribution in [0.3, 0.4) is 0 Å². The van der Waals surface area contributed by atoms with E-state index >= 15 is 0 Å². The molecule has 1 aromatic heterocycles. The van der Waals surface area contributed by atoms with E-state index in [1.165, 1.54) is 0 Å². The number of rotatable bonds is 7. The van der Waals surface area contributed by atoms with Gasteiger partial charge >= 0.3 is 0 Å². The van der Waals surface area contributed by atoms with Gasteiger partial charge in [-0.3, -0.25) is 4.99 Å². The largest absolute Gasteiger partial charge is 0.493 e. The lowest BCUT2D eigenvalue weighted by atomic mass is 10.1. The molecule has 7 nitrogen and oxygen atoms in total. The summed E-state index contributed by atoms with van der Waals surface area (Å²) in [6.07, 6.45) is 0. The van der Waals surface area contributed by atoms with Gasteiger partial charge in [-0.2, -0.15) is 0 Å². The highest BCUT2D eigenvalue weighted by Gasteiger charge is 2.14. The van der Waals surface area contributed by atoms with E-state index in [-0.39, 0.29) is 0 Å². The maximum atomic E-state index is 5.95. The van der Waals surface area contributed by atoms with E-state index in [2.05, 4.69) is 28.6 Å². The minimum atomic E-state index is 0.537. The van der Waals surface area contributed by atoms with Gasteiger partial charge in [0.25, 0.3) is 0 Å². The summed E-state index contributed by atoms with van der Waals surface area (Å²) in [5.41, 5.74) is 3.00. The molecule has 0 aliphatic rings. The van der Waals surface area contributed by atoms with Gasteiger partial charge in [-0.05, 0) is 30.7 Å². The Bertz CT molecular complexity index is 985. The number of aryl methyl sites for hydroxylation is 1. The number of benzene rings is 2. The fourth-order valence-corrected chi connectivity index (χ4v) is 3.20. The van der Waals surface area contributed by atoms with Crippen molar-refractivity contribution in [3.05, 3.63) is 53.3 Å². The van der Waals surface area contributed by atoms with Crippen molar-refractivity contribution in [1.82, 2.24) is 10.6 Å². The fraction of sp³-hybridized carbons (Fsp3) is 0.318. The van der Waals surface area contributed by atoms with Crippen molar-refractivity contribution in [3.63, 3.8) is 0 Å². The van der Waals surface area contributed by atoms with Crippen molar-refractivity contribution >= 4 is 16.9 Å². The zero-order valence-corrected chi connectivity index (χ0v) is 17.5. The average Bonchev–Trinajstić information content (AvgIpc) is 3.08. The Morgan fingerprint density at radius 3 is 2.21 bits per heavy atom. The molecule has 0 atom stereocenters. The molecule has 154 valence electrons. The van der Waals surface area contributed by atoms with Crippen molar-refractivity contribution in [1.29, 1.82) is 0 Å². The molecule has 1 heterocycles. The fourth-order valence-electron chi connectivity index (χ4n) is 3.20. The van der Waals surface area contributed by atoms with Crippen LogP contribution in [0.2, 0.25) is 0 Å². The normalized spacial score (nSPS) is 11.4. The molecule has 2 N–H and O–H groups in total. The van der Waals surface area contributed by atoms with Gasteiger partial charge in [-0.15, -0.1) is 0 Å². The minimum Gasteiger partial charge on any atom is -0.493 e. The number of hydrogen-bond donors (Lipinski definition) is 2. The molecule has 0 amide bonds. The molecule has 0 bridgehead atoms. The van der Waals surface area contributed by atoms with Crippen LogP contribution in [-0.4, -0.2) is 34.3 Å². The zero-order chi connectivity index (χ0) is 20.8. The third-order valence-corrected chi connectivity index (χ3v) is 4.77. The van der Waals surface area contributed by atoms with Crippen molar-refractivity contribution < 1.29 is 18.6 Å². The molecule has 29 heavy (non-hydrogen) atoms. The van der Waals surface area contributed by atoms with Crippen LogP contribution in [0.15, 0.2) is 45.8 Å². The van der Waals surface area contributed by atoms with Gasteiger partial charge in [0, 0.05) is 24.5 Å². The molecule has 0 saturated carbocycles. The Morgan fingerprint density at radius 1 is 0.966 bits per heavy atom. The van der Waals surface area contributed by atoms with Crippen LogP contribution >= 0.6 is 0 Å². The van der Waals surface area contributed by atoms with Crippen LogP contribution < -0.4 is 24.8 Å². The Kier molecular flexibility index (Phi) is 6.49. The summed E-state index contributed by atoms with van der Waals surface area (Å²) in [5, 5.41) is 7.72. The second-order valence-electron chi connectivity index (χ2n) is 6.46. The summed E-state index contributed by atoms with van der Waals surface area (Å²) in [7, 11) is 6.52. The first-order valence-corrected chi connectivity index (χ1v) is 9.31. The van der Waals surface area contributed by atoms with Gasteiger partial charge in [-0.1, -0.05) is 18.2 Å². The Hall–Kier alpha value is -3.35. The number of guanidine groups is 1. The van der Waals surface area contributed by atoms with Gasteiger partial charge in [-0.25, -0.2) is 0 Å². The Labute approximate surface area is 170 Å². The molecule has 2 aromatic carbocycles. The van der Waals surface area contributed by atoms with E-state index in [0.29, 0.717) is 36.3 Å². The SMILES string of the molecule is CN=C(NCc1cc(OC)c(OC)c(OC)c1)NCc1oc2ccccc2c1C. The number of aliphatic imine (C=N–C) groups is 1. The number of para-hydroxylation sites is 1. The smallest absolute Gasteiger partial charge is 0.203 e. The van der Waals surface area contributed by atoms with Gasteiger partial charge in [0.15, 0.2) is 17.5 Å². The first-order valence-electron chi connectivity index (χ1n) is 9.31. The van der Waals surface area contributed by atoms with Crippen LogP contribution in [0.1, 0.15) is 16.9 Å². The van der Waals surface area contributed by atoms with E-state index in [1.54, 1.807) is 28.4 Å². The maximum absolute atomic E-state index is 5.95. The number of furan rings is 1. The van der Waals surface area contributed by atoms with E-state index in [1.807, 2.05) is 30.3 Å². The lowest BCUT2D eigenvalue weighted by Crippen LogP contribution is -2.36. The Balaban J connectivity index is 1.67. The summed E-state index contributed by atoms with van der Waals surface area (Å²) in [6, 6.07) is 11.8. The van der Waals surface area contributed by atoms with Crippen molar-refractivity contribution in [2.24, 2.45) is 4.99 Å². The van der Waals surface area contributed by atoms with Crippen LogP contribution in [0, 0.1) is 6.92 Å². The molecule has 3 rings (SSSR count). The van der Waals surface area contributed by atoms with E-state index in [4.69, 9.17) is 18.6 Å². The molecule has 7 heteroatoms. The van der Waals surface area contributed by atoms with E-state index in [0.717, 1.165) is 27.9 Å². The molecule has 0 unspecified atom stereocenters. The lowest BCUT2D eigenvalue weighted by Gasteiger charge is -2.15. The van der Waals surface area contributed by atoms with Gasteiger partial charge < -0.3 is 29.3 Å². The summed E-state index contributed by atoms with van der Waals surface area (Å²) >= 11 is 0. The molecule has 0 aliphatic carbocycles. The highest BCUT2D eigenvalue weighted by atomic mass is 16.5. The second kappa shape index (κ2) is 9.23. The quantitative estimate of drug-likeness (QED) is 0.468. The topological polar surface area (TPSA) is 77.3 Å². The van der Waals surface area contributed by atoms with E-state index in [9.17, 15) is 0 Å². The average molecular weight is 397 g/mol. The first-order chi connectivity index (χ1) is 14.1. The summed E-state index contributed by atoms with van der Waals surface area (Å²) in [5.74, 6) is 3.36. The number of fused-ring (bicyclic) bond motifs is 1. The Morgan fingerprint density at radius 2 is 1.62 bits per heavy atom. The summed E-state index contributed by atoms with van der Waals surface area (Å²) < 4.78 is 22.1. The summed E-state index contributed by atoms with van der Waals surface area (Å²) in [4.78, 5) is 4.29. The predicted octanol–water partition coefficient (Wildman–Crippen LogP) is 3.63. The van der Waals surface area contributed by atoms with Crippen molar-refractivity contribution in [2.75, 3.05) is 28.4 Å². The molecule has 0 fully saturated rings. The lowest BCUT2D eigenvalue weighted by molar-refractivity contribution is 0.323. The predicted molar refractivity (Wildman–Crippen MR) is 114 cm³/mol.